The second-order valence-electron chi connectivity index (χ2n) is 7.95. The lowest BCUT2D eigenvalue weighted by Crippen LogP contribution is -2.71. The SMILES string of the molecule is C.C.C.C.C[Si](C)(O)O[Si](C)(C)O[Si](O[Si](C)(C)O)(c1ccccc1)c1ccccc1. The monoisotopic (exact) mass is 502 g/mol. The summed E-state index contributed by atoms with van der Waals surface area (Å²) in [5.74, 6) is 0. The molecule has 2 aromatic rings. The Kier molecular flexibility index (Phi) is 14.5. The van der Waals surface area contributed by atoms with E-state index in [0.717, 1.165) is 10.4 Å². The normalized spacial score (nSPS) is 11.9. The van der Waals surface area contributed by atoms with Crippen molar-refractivity contribution in [3.63, 3.8) is 0 Å². The first kappa shape index (κ1) is 34.7. The summed E-state index contributed by atoms with van der Waals surface area (Å²) in [6, 6.07) is 19.6. The van der Waals surface area contributed by atoms with Crippen molar-refractivity contribution in [1.29, 1.82) is 0 Å². The van der Waals surface area contributed by atoms with E-state index < -0.39 is 34.2 Å². The highest BCUT2D eigenvalue weighted by Gasteiger charge is 2.52. The molecule has 0 atom stereocenters. The van der Waals surface area contributed by atoms with Gasteiger partial charge in [-0.2, -0.15) is 0 Å². The van der Waals surface area contributed by atoms with Crippen molar-refractivity contribution in [3.8, 4) is 0 Å². The Bertz CT molecular complexity index is 690. The molecule has 0 aliphatic rings. The molecule has 0 aliphatic carbocycles. The highest BCUT2D eigenvalue weighted by molar-refractivity contribution is 7.01. The van der Waals surface area contributed by atoms with Gasteiger partial charge in [0.1, 0.15) is 0 Å². The Balaban J connectivity index is -0.00000196. The van der Waals surface area contributed by atoms with Gasteiger partial charge in [-0.3, -0.25) is 0 Å². The van der Waals surface area contributed by atoms with Crippen LogP contribution in [0.15, 0.2) is 60.7 Å². The van der Waals surface area contributed by atoms with Crippen LogP contribution in [0, 0.1) is 0 Å². The molecule has 2 N–H and O–H groups in total. The molecule has 0 bridgehead atoms. The van der Waals surface area contributed by atoms with E-state index in [-0.39, 0.29) is 29.7 Å². The van der Waals surface area contributed by atoms with Crippen LogP contribution in [0.1, 0.15) is 29.7 Å². The highest BCUT2D eigenvalue weighted by Crippen LogP contribution is 2.23. The van der Waals surface area contributed by atoms with Crippen LogP contribution in [0.2, 0.25) is 39.3 Å². The highest BCUT2D eigenvalue weighted by atomic mass is 28.5. The van der Waals surface area contributed by atoms with Crippen molar-refractivity contribution < 1.29 is 21.9 Å². The molecule has 0 unspecified atom stereocenters. The lowest BCUT2D eigenvalue weighted by atomic mass is 10.4. The Hall–Kier alpha value is -0.892. The summed E-state index contributed by atoms with van der Waals surface area (Å²) in [6.45, 7) is 10.8. The molecular weight excluding hydrogens is 457 g/mol. The number of benzene rings is 2. The predicted octanol–water partition coefficient (Wildman–Crippen LogP) is 4.93. The molecule has 2 rings (SSSR count). The largest absolute Gasteiger partial charge is 0.415 e. The average molecular weight is 503 g/mol. The third-order valence-electron chi connectivity index (χ3n) is 3.59. The molecule has 5 nitrogen and oxygen atoms in total. The van der Waals surface area contributed by atoms with Gasteiger partial charge < -0.3 is 21.9 Å². The van der Waals surface area contributed by atoms with Crippen molar-refractivity contribution >= 4 is 44.6 Å². The summed E-state index contributed by atoms with van der Waals surface area (Å²) in [5, 5.41) is 1.82. The van der Waals surface area contributed by atoms with Gasteiger partial charge in [0.2, 0.25) is 0 Å². The molecule has 180 valence electrons. The Labute approximate surface area is 196 Å². The van der Waals surface area contributed by atoms with E-state index in [4.69, 9.17) is 12.3 Å². The molecule has 31 heavy (non-hydrogen) atoms. The molecule has 0 aliphatic heterocycles. The molecule has 0 saturated heterocycles. The van der Waals surface area contributed by atoms with Gasteiger partial charge in [-0.1, -0.05) is 90.4 Å². The molecule has 0 aromatic heterocycles. The second-order valence-corrected chi connectivity index (χ2v) is 21.4. The lowest BCUT2D eigenvalue weighted by molar-refractivity contribution is 0.287. The molecule has 0 spiro atoms. The minimum absolute atomic E-state index is 0. The van der Waals surface area contributed by atoms with E-state index in [1.54, 1.807) is 26.2 Å². The molecule has 0 radical (unpaired) electrons. The zero-order valence-electron chi connectivity index (χ0n) is 16.9. The second kappa shape index (κ2) is 13.0. The molecule has 0 amide bonds. The maximum absolute atomic E-state index is 10.7. The summed E-state index contributed by atoms with van der Waals surface area (Å²) < 4.78 is 19.2. The molecule has 0 heterocycles. The zero-order chi connectivity index (χ0) is 20.3. The fraction of sp³-hybridized carbons (Fsp3) is 0.455. The molecular formula is C22H46O5Si4. The first-order valence-corrected chi connectivity index (χ1v) is 19.3. The van der Waals surface area contributed by atoms with Crippen LogP contribution in [0.4, 0.5) is 0 Å². The van der Waals surface area contributed by atoms with E-state index in [0.29, 0.717) is 0 Å². The molecule has 2 aromatic carbocycles. The van der Waals surface area contributed by atoms with Crippen molar-refractivity contribution in [2.75, 3.05) is 0 Å². The van der Waals surface area contributed by atoms with Crippen LogP contribution >= 0.6 is 0 Å². The zero-order valence-corrected chi connectivity index (χ0v) is 20.9. The van der Waals surface area contributed by atoms with Gasteiger partial charge in [-0.05, 0) is 49.7 Å². The Morgan fingerprint density at radius 2 is 0.839 bits per heavy atom. The van der Waals surface area contributed by atoms with E-state index in [1.165, 1.54) is 0 Å². The third-order valence-corrected chi connectivity index (χ3v) is 16.0. The summed E-state index contributed by atoms with van der Waals surface area (Å²) in [7, 11) is -11.8. The maximum atomic E-state index is 10.7. The lowest BCUT2D eigenvalue weighted by Gasteiger charge is -2.42. The van der Waals surface area contributed by atoms with Crippen LogP contribution in [0.3, 0.4) is 0 Å². The van der Waals surface area contributed by atoms with Crippen molar-refractivity contribution in [2.45, 2.75) is 69.0 Å². The minimum atomic E-state index is -3.26. The number of hydrogen-bond donors (Lipinski definition) is 2. The Morgan fingerprint density at radius 3 is 1.13 bits per heavy atom. The fourth-order valence-electron chi connectivity index (χ4n) is 3.06. The van der Waals surface area contributed by atoms with Gasteiger partial charge in [0, 0.05) is 0 Å². The quantitative estimate of drug-likeness (QED) is 0.501. The molecule has 9 heteroatoms. The van der Waals surface area contributed by atoms with Crippen LogP contribution in [0.5, 0.6) is 0 Å². The van der Waals surface area contributed by atoms with Gasteiger partial charge in [-0.15, -0.1) is 0 Å². The van der Waals surface area contributed by atoms with Crippen LogP contribution in [0.25, 0.3) is 0 Å². The van der Waals surface area contributed by atoms with Crippen LogP contribution in [-0.4, -0.2) is 43.8 Å². The summed E-state index contributed by atoms with van der Waals surface area (Å²) in [4.78, 5) is 21.0. The summed E-state index contributed by atoms with van der Waals surface area (Å²) >= 11 is 0. The van der Waals surface area contributed by atoms with Crippen molar-refractivity contribution in [1.82, 2.24) is 0 Å². The van der Waals surface area contributed by atoms with Crippen LogP contribution < -0.4 is 10.4 Å². The minimum Gasteiger partial charge on any atom is -0.415 e. The Morgan fingerprint density at radius 1 is 0.516 bits per heavy atom. The maximum Gasteiger partial charge on any atom is 0.389 e. The van der Waals surface area contributed by atoms with Gasteiger partial charge in [-0.25, -0.2) is 0 Å². The molecule has 0 saturated carbocycles. The first-order valence-electron chi connectivity index (χ1n) is 8.99. The smallest absolute Gasteiger partial charge is 0.389 e. The van der Waals surface area contributed by atoms with E-state index in [9.17, 15) is 9.59 Å². The van der Waals surface area contributed by atoms with Gasteiger partial charge in [0.05, 0.1) is 0 Å². The van der Waals surface area contributed by atoms with E-state index in [2.05, 4.69) is 0 Å². The van der Waals surface area contributed by atoms with Gasteiger partial charge in [0.25, 0.3) is 0 Å². The van der Waals surface area contributed by atoms with Crippen molar-refractivity contribution in [3.05, 3.63) is 60.7 Å². The topological polar surface area (TPSA) is 68.2 Å². The van der Waals surface area contributed by atoms with Crippen molar-refractivity contribution in [2.24, 2.45) is 0 Å². The molecule has 0 fully saturated rings. The summed E-state index contributed by atoms with van der Waals surface area (Å²) in [5.41, 5.74) is 0. The average Bonchev–Trinajstić information content (AvgIpc) is 2.52. The van der Waals surface area contributed by atoms with Crippen LogP contribution in [-0.2, 0) is 12.3 Å². The third kappa shape index (κ3) is 10.5. The van der Waals surface area contributed by atoms with Gasteiger partial charge >= 0.3 is 34.2 Å². The van der Waals surface area contributed by atoms with Gasteiger partial charge in [0.15, 0.2) is 0 Å². The fourth-order valence-corrected chi connectivity index (χ4v) is 18.0. The van der Waals surface area contributed by atoms with E-state index in [1.807, 2.05) is 73.8 Å². The first-order chi connectivity index (χ1) is 12.3. The number of hydrogen-bond acceptors (Lipinski definition) is 5. The van der Waals surface area contributed by atoms with E-state index >= 15 is 0 Å². The number of rotatable bonds is 8. The predicted molar refractivity (Wildman–Crippen MR) is 145 cm³/mol. The standard InChI is InChI=1S/C18H30O5Si4.4CH4/c1-24(2,19)21-26(5,6)23-27(22-25(3,4)20,17-13-9-7-10-14-17)18-15-11-8-12-16-18;;;;/h7-16,19-20H,1-6H3;4*1H4. The summed E-state index contributed by atoms with van der Waals surface area (Å²) in [6.07, 6.45) is 0.